The molecule has 1 aromatic rings. The molecule has 0 spiro atoms. The van der Waals surface area contributed by atoms with E-state index in [1.807, 2.05) is 0 Å². The van der Waals surface area contributed by atoms with E-state index in [0.717, 1.165) is 4.88 Å². The van der Waals surface area contributed by atoms with Crippen LogP contribution in [0.15, 0.2) is 12.1 Å². The molecular formula is C8H10ClNO2S. The Bertz CT molecular complexity index is 300. The first kappa shape index (κ1) is 10.5. The summed E-state index contributed by atoms with van der Waals surface area (Å²) in [7, 11) is 1.35. The third kappa shape index (κ3) is 2.43. The Balaban J connectivity index is 2.84. The van der Waals surface area contributed by atoms with Crippen molar-refractivity contribution >= 4 is 28.9 Å². The van der Waals surface area contributed by atoms with Crippen LogP contribution in [0.5, 0.6) is 0 Å². The molecule has 0 radical (unpaired) electrons. The van der Waals surface area contributed by atoms with Gasteiger partial charge in [-0.2, -0.15) is 0 Å². The molecule has 0 aliphatic carbocycles. The zero-order valence-electron chi connectivity index (χ0n) is 7.12. The van der Waals surface area contributed by atoms with Crippen molar-refractivity contribution in [1.29, 1.82) is 0 Å². The van der Waals surface area contributed by atoms with Crippen LogP contribution in [0.1, 0.15) is 10.8 Å². The number of carbonyl (C=O) groups is 1. The molecular weight excluding hydrogens is 210 g/mol. The lowest BCUT2D eigenvalue weighted by Crippen LogP contribution is -2.21. The minimum absolute atomic E-state index is 0.240. The molecule has 2 N–H and O–H groups in total. The van der Waals surface area contributed by atoms with E-state index in [2.05, 4.69) is 4.74 Å². The lowest BCUT2D eigenvalue weighted by atomic mass is 10.1. The Morgan fingerprint density at radius 1 is 1.77 bits per heavy atom. The molecule has 72 valence electrons. The second kappa shape index (κ2) is 4.60. The molecule has 1 unspecified atom stereocenters. The Kier molecular flexibility index (Phi) is 3.71. The van der Waals surface area contributed by atoms with Gasteiger partial charge in [0.1, 0.15) is 5.92 Å². The van der Waals surface area contributed by atoms with Gasteiger partial charge in [0.2, 0.25) is 0 Å². The van der Waals surface area contributed by atoms with Gasteiger partial charge in [0.05, 0.1) is 11.4 Å². The molecule has 1 atom stereocenters. The number of hydrogen-bond donors (Lipinski definition) is 1. The standard InChI is InChI=1S/C8H10ClNO2S/c1-12-8(11)5(4-10)6-2-3-7(9)13-6/h2-3,5H,4,10H2,1H3. The van der Waals surface area contributed by atoms with Gasteiger partial charge in [0.25, 0.3) is 0 Å². The third-order valence-electron chi connectivity index (χ3n) is 1.66. The Morgan fingerprint density at radius 3 is 2.85 bits per heavy atom. The van der Waals surface area contributed by atoms with Crippen LogP contribution in [0.25, 0.3) is 0 Å². The highest BCUT2D eigenvalue weighted by molar-refractivity contribution is 7.16. The van der Waals surface area contributed by atoms with E-state index in [1.54, 1.807) is 12.1 Å². The maximum atomic E-state index is 11.2. The van der Waals surface area contributed by atoms with Crippen LogP contribution in [0.2, 0.25) is 4.34 Å². The number of esters is 1. The first-order valence-electron chi connectivity index (χ1n) is 3.72. The highest BCUT2D eigenvalue weighted by atomic mass is 35.5. The summed E-state index contributed by atoms with van der Waals surface area (Å²) < 4.78 is 5.26. The average molecular weight is 220 g/mol. The zero-order chi connectivity index (χ0) is 9.84. The lowest BCUT2D eigenvalue weighted by molar-refractivity contribution is -0.142. The van der Waals surface area contributed by atoms with E-state index in [9.17, 15) is 4.79 Å². The number of rotatable bonds is 3. The summed E-state index contributed by atoms with van der Waals surface area (Å²) in [6.45, 7) is 0.240. The van der Waals surface area contributed by atoms with E-state index in [0.29, 0.717) is 4.34 Å². The van der Waals surface area contributed by atoms with Crippen LogP contribution < -0.4 is 5.73 Å². The molecule has 0 aromatic carbocycles. The molecule has 0 amide bonds. The number of halogens is 1. The predicted molar refractivity (Wildman–Crippen MR) is 53.1 cm³/mol. The molecule has 0 fully saturated rings. The largest absolute Gasteiger partial charge is 0.468 e. The van der Waals surface area contributed by atoms with Crippen molar-refractivity contribution in [2.75, 3.05) is 13.7 Å². The van der Waals surface area contributed by atoms with E-state index >= 15 is 0 Å². The summed E-state index contributed by atoms with van der Waals surface area (Å²) in [5.74, 6) is -0.705. The van der Waals surface area contributed by atoms with Crippen molar-refractivity contribution in [2.24, 2.45) is 5.73 Å². The normalized spacial score (nSPS) is 12.5. The van der Waals surface area contributed by atoms with E-state index < -0.39 is 0 Å². The summed E-state index contributed by atoms with van der Waals surface area (Å²) in [5.41, 5.74) is 5.45. The van der Waals surface area contributed by atoms with Gasteiger partial charge in [0, 0.05) is 11.4 Å². The third-order valence-corrected chi connectivity index (χ3v) is 3.00. The second-order valence-electron chi connectivity index (χ2n) is 2.45. The summed E-state index contributed by atoms with van der Waals surface area (Å²) in [4.78, 5) is 12.1. The van der Waals surface area contributed by atoms with Gasteiger partial charge in [-0.3, -0.25) is 4.79 Å². The molecule has 0 aliphatic rings. The Morgan fingerprint density at radius 2 is 2.46 bits per heavy atom. The fourth-order valence-electron chi connectivity index (χ4n) is 0.986. The summed E-state index contributed by atoms with van der Waals surface area (Å²) in [5, 5.41) is 0. The van der Waals surface area contributed by atoms with Crippen molar-refractivity contribution in [3.8, 4) is 0 Å². The topological polar surface area (TPSA) is 52.3 Å². The fourth-order valence-corrected chi connectivity index (χ4v) is 2.15. The van der Waals surface area contributed by atoms with Crippen LogP contribution >= 0.6 is 22.9 Å². The maximum absolute atomic E-state index is 11.2. The summed E-state index contributed by atoms with van der Waals surface area (Å²) >= 11 is 7.08. The molecule has 0 aliphatic heterocycles. The minimum atomic E-state index is -0.387. The van der Waals surface area contributed by atoms with Crippen LogP contribution in [0, 0.1) is 0 Å². The summed E-state index contributed by atoms with van der Waals surface area (Å²) in [6, 6.07) is 3.54. The first-order valence-corrected chi connectivity index (χ1v) is 4.91. The molecule has 3 nitrogen and oxygen atoms in total. The smallest absolute Gasteiger partial charge is 0.315 e. The van der Waals surface area contributed by atoms with Crippen molar-refractivity contribution < 1.29 is 9.53 Å². The number of carbonyl (C=O) groups excluding carboxylic acids is 1. The van der Waals surface area contributed by atoms with E-state index in [-0.39, 0.29) is 18.4 Å². The van der Waals surface area contributed by atoms with E-state index in [1.165, 1.54) is 18.4 Å². The summed E-state index contributed by atoms with van der Waals surface area (Å²) in [6.07, 6.45) is 0. The predicted octanol–water partition coefficient (Wildman–Crippen LogP) is 1.62. The van der Waals surface area contributed by atoms with Gasteiger partial charge in [0.15, 0.2) is 0 Å². The van der Waals surface area contributed by atoms with Gasteiger partial charge in [-0.1, -0.05) is 11.6 Å². The van der Waals surface area contributed by atoms with Crippen LogP contribution in [0.3, 0.4) is 0 Å². The quantitative estimate of drug-likeness (QED) is 0.786. The maximum Gasteiger partial charge on any atom is 0.315 e. The van der Waals surface area contributed by atoms with Gasteiger partial charge in [-0.25, -0.2) is 0 Å². The molecule has 5 heteroatoms. The SMILES string of the molecule is COC(=O)C(CN)c1ccc(Cl)s1. The van der Waals surface area contributed by atoms with Gasteiger partial charge in [-0.05, 0) is 12.1 Å². The molecule has 0 bridgehead atoms. The highest BCUT2D eigenvalue weighted by Gasteiger charge is 2.21. The molecule has 1 rings (SSSR count). The average Bonchev–Trinajstić information content (AvgIpc) is 2.53. The van der Waals surface area contributed by atoms with Crippen LogP contribution in [0.4, 0.5) is 0 Å². The van der Waals surface area contributed by atoms with Crippen LogP contribution in [-0.4, -0.2) is 19.6 Å². The number of ether oxygens (including phenoxy) is 1. The lowest BCUT2D eigenvalue weighted by Gasteiger charge is -2.09. The Labute approximate surface area is 85.4 Å². The molecule has 13 heavy (non-hydrogen) atoms. The van der Waals surface area contributed by atoms with Crippen LogP contribution in [-0.2, 0) is 9.53 Å². The fraction of sp³-hybridized carbons (Fsp3) is 0.375. The Hall–Kier alpha value is -0.580. The van der Waals surface area contributed by atoms with Crippen molar-refractivity contribution in [1.82, 2.24) is 0 Å². The number of thiophene rings is 1. The van der Waals surface area contributed by atoms with Crippen molar-refractivity contribution in [3.63, 3.8) is 0 Å². The number of nitrogens with two attached hydrogens (primary N) is 1. The number of hydrogen-bond acceptors (Lipinski definition) is 4. The van der Waals surface area contributed by atoms with Crippen molar-refractivity contribution in [3.05, 3.63) is 21.3 Å². The van der Waals surface area contributed by atoms with Crippen molar-refractivity contribution in [2.45, 2.75) is 5.92 Å². The zero-order valence-corrected chi connectivity index (χ0v) is 8.69. The highest BCUT2D eigenvalue weighted by Crippen LogP contribution is 2.28. The number of methoxy groups -OCH3 is 1. The molecule has 1 aromatic heterocycles. The minimum Gasteiger partial charge on any atom is -0.468 e. The molecule has 0 saturated heterocycles. The molecule has 1 heterocycles. The van der Waals surface area contributed by atoms with Gasteiger partial charge >= 0.3 is 5.97 Å². The van der Waals surface area contributed by atoms with E-state index in [4.69, 9.17) is 17.3 Å². The second-order valence-corrected chi connectivity index (χ2v) is 4.20. The first-order chi connectivity index (χ1) is 6.19. The molecule has 0 saturated carbocycles. The monoisotopic (exact) mass is 219 g/mol. The van der Waals surface area contributed by atoms with Gasteiger partial charge in [-0.15, -0.1) is 11.3 Å². The van der Waals surface area contributed by atoms with Gasteiger partial charge < -0.3 is 10.5 Å².